The molecule has 1 heterocycles. The topological polar surface area (TPSA) is 64.9 Å². The first-order chi connectivity index (χ1) is 8.74. The Hall–Kier alpha value is -0.430. The highest BCUT2D eigenvalue weighted by atomic mass is 32.2. The molecular weight excluding hydrogens is 264 g/mol. The summed E-state index contributed by atoms with van der Waals surface area (Å²) in [6.07, 6.45) is 4.12. The van der Waals surface area contributed by atoms with E-state index in [0.29, 0.717) is 0 Å². The molecule has 1 rings (SSSR count). The minimum Gasteiger partial charge on any atom is -0.748 e. The summed E-state index contributed by atoms with van der Waals surface area (Å²) in [7, 11) is -1.84. The van der Waals surface area contributed by atoms with E-state index in [2.05, 4.69) is 18.9 Å². The first kappa shape index (κ1) is 18.6. The molecule has 5 nitrogen and oxygen atoms in total. The zero-order chi connectivity index (χ0) is 14.9. The molecule has 0 amide bonds. The lowest BCUT2D eigenvalue weighted by Crippen LogP contribution is -3.10. The van der Waals surface area contributed by atoms with Crippen molar-refractivity contribution in [2.75, 3.05) is 39.1 Å². The SMILES string of the molecule is CC(C)=CCS(=O)(=O)[O-].CCCC[NH+]1CCN(C)C1. The molecular formula is C13H28N2O3S. The second-order valence-corrected chi connectivity index (χ2v) is 6.80. The fraction of sp³-hybridized carbons (Fsp3) is 0.846. The van der Waals surface area contributed by atoms with E-state index in [1.807, 2.05) is 0 Å². The van der Waals surface area contributed by atoms with Crippen LogP contribution in [-0.2, 0) is 10.1 Å². The second kappa shape index (κ2) is 9.47. The smallest absolute Gasteiger partial charge is 0.133 e. The molecule has 0 saturated carbocycles. The average molecular weight is 292 g/mol. The fourth-order valence-electron chi connectivity index (χ4n) is 1.79. The van der Waals surface area contributed by atoms with Crippen molar-refractivity contribution in [3.05, 3.63) is 11.6 Å². The first-order valence-electron chi connectivity index (χ1n) is 6.83. The number of likely N-dealkylation sites (N-methyl/N-ethyl adjacent to an activating group) is 1. The van der Waals surface area contributed by atoms with Gasteiger partial charge in [0.2, 0.25) is 0 Å². The Kier molecular flexibility index (Phi) is 9.26. The summed E-state index contributed by atoms with van der Waals surface area (Å²) in [5, 5.41) is 0. The third kappa shape index (κ3) is 12.4. The van der Waals surface area contributed by atoms with E-state index < -0.39 is 15.9 Å². The molecule has 0 spiro atoms. The maximum atomic E-state index is 9.94. The first-order valence-corrected chi connectivity index (χ1v) is 8.41. The lowest BCUT2D eigenvalue weighted by Gasteiger charge is -2.10. The summed E-state index contributed by atoms with van der Waals surface area (Å²) in [5.41, 5.74) is 0.842. The van der Waals surface area contributed by atoms with Gasteiger partial charge in [0.25, 0.3) is 0 Å². The number of nitrogens with one attached hydrogen (secondary N) is 1. The molecule has 1 unspecified atom stereocenters. The average Bonchev–Trinajstić information content (AvgIpc) is 2.70. The highest BCUT2D eigenvalue weighted by Crippen LogP contribution is 1.90. The molecule has 0 aromatic rings. The van der Waals surface area contributed by atoms with E-state index >= 15 is 0 Å². The second-order valence-electron chi connectivity index (χ2n) is 5.35. The number of allylic oxidation sites excluding steroid dienone is 1. The zero-order valence-electron chi connectivity index (χ0n) is 12.6. The molecule has 1 N–H and O–H groups in total. The molecule has 19 heavy (non-hydrogen) atoms. The van der Waals surface area contributed by atoms with Gasteiger partial charge in [-0.05, 0) is 27.3 Å². The molecule has 0 radical (unpaired) electrons. The Morgan fingerprint density at radius 3 is 2.37 bits per heavy atom. The quantitative estimate of drug-likeness (QED) is 0.575. The van der Waals surface area contributed by atoms with Gasteiger partial charge in [0.15, 0.2) is 0 Å². The van der Waals surface area contributed by atoms with Crippen molar-refractivity contribution in [3.63, 3.8) is 0 Å². The lowest BCUT2D eigenvalue weighted by atomic mass is 10.3. The van der Waals surface area contributed by atoms with E-state index in [1.54, 1.807) is 18.7 Å². The normalized spacial score (nSPS) is 19.7. The Morgan fingerprint density at radius 2 is 2.05 bits per heavy atom. The monoisotopic (exact) mass is 292 g/mol. The highest BCUT2D eigenvalue weighted by Gasteiger charge is 2.18. The summed E-state index contributed by atoms with van der Waals surface area (Å²) in [4.78, 5) is 4.18. The Labute approximate surface area is 118 Å². The third-order valence-corrected chi connectivity index (χ3v) is 3.50. The van der Waals surface area contributed by atoms with Gasteiger partial charge >= 0.3 is 0 Å². The van der Waals surface area contributed by atoms with Crippen LogP contribution in [0.1, 0.15) is 33.6 Å². The molecule has 1 fully saturated rings. The van der Waals surface area contributed by atoms with Gasteiger partial charge in [-0.1, -0.05) is 25.0 Å². The summed E-state index contributed by atoms with van der Waals surface area (Å²) >= 11 is 0. The van der Waals surface area contributed by atoms with Gasteiger partial charge in [0.05, 0.1) is 35.5 Å². The number of quaternary nitrogens is 1. The van der Waals surface area contributed by atoms with Crippen LogP contribution in [0.15, 0.2) is 11.6 Å². The summed E-state index contributed by atoms with van der Waals surface area (Å²) in [5.74, 6) is -0.394. The summed E-state index contributed by atoms with van der Waals surface area (Å²) in [6, 6.07) is 0. The van der Waals surface area contributed by atoms with E-state index in [-0.39, 0.29) is 0 Å². The minimum absolute atomic E-state index is 0.394. The predicted molar refractivity (Wildman–Crippen MR) is 77.1 cm³/mol. The molecule has 1 saturated heterocycles. The van der Waals surface area contributed by atoms with Gasteiger partial charge in [-0.25, -0.2) is 8.42 Å². The standard InChI is InChI=1S/C8H18N2.C5H10O3S/c1-3-4-5-10-7-6-9(2)8-10;1-5(2)3-4-9(6,7)8/h3-8H2,1-2H3;3H,4H2,1-2H3,(H,6,7,8). The predicted octanol–water partition coefficient (Wildman–Crippen LogP) is 0.0721. The largest absolute Gasteiger partial charge is 0.748 e. The van der Waals surface area contributed by atoms with E-state index in [4.69, 9.17) is 0 Å². The van der Waals surface area contributed by atoms with Crippen molar-refractivity contribution in [2.45, 2.75) is 33.6 Å². The summed E-state index contributed by atoms with van der Waals surface area (Å²) < 4.78 is 29.8. The highest BCUT2D eigenvalue weighted by molar-refractivity contribution is 7.85. The lowest BCUT2D eigenvalue weighted by molar-refractivity contribution is -0.891. The zero-order valence-corrected chi connectivity index (χ0v) is 13.4. The maximum absolute atomic E-state index is 9.94. The van der Waals surface area contributed by atoms with Crippen molar-refractivity contribution in [1.29, 1.82) is 0 Å². The number of nitrogens with zero attached hydrogens (tertiary/aromatic N) is 1. The Morgan fingerprint density at radius 1 is 1.42 bits per heavy atom. The fourth-order valence-corrected chi connectivity index (χ4v) is 2.33. The van der Waals surface area contributed by atoms with Crippen LogP contribution >= 0.6 is 0 Å². The van der Waals surface area contributed by atoms with Crippen molar-refractivity contribution >= 4 is 10.1 Å². The number of hydrogen-bond acceptors (Lipinski definition) is 4. The van der Waals surface area contributed by atoms with Gasteiger partial charge < -0.3 is 9.45 Å². The van der Waals surface area contributed by atoms with Crippen molar-refractivity contribution in [3.8, 4) is 0 Å². The van der Waals surface area contributed by atoms with Crippen LogP contribution in [0.3, 0.4) is 0 Å². The van der Waals surface area contributed by atoms with Crippen LogP contribution < -0.4 is 4.90 Å². The van der Waals surface area contributed by atoms with Gasteiger partial charge in [0.1, 0.15) is 6.67 Å². The van der Waals surface area contributed by atoms with Crippen molar-refractivity contribution in [1.82, 2.24) is 4.90 Å². The van der Waals surface area contributed by atoms with Crippen molar-refractivity contribution < 1.29 is 17.9 Å². The number of unbranched alkanes of at least 4 members (excludes halogenated alkanes) is 1. The maximum Gasteiger partial charge on any atom is 0.133 e. The molecule has 0 aliphatic carbocycles. The van der Waals surface area contributed by atoms with Crippen LogP contribution in [0.5, 0.6) is 0 Å². The Bertz CT molecular complexity index is 362. The number of rotatable bonds is 5. The molecule has 0 aromatic carbocycles. The Balaban J connectivity index is 0.000000344. The number of hydrogen-bond donors (Lipinski definition) is 1. The van der Waals surface area contributed by atoms with E-state index in [9.17, 15) is 13.0 Å². The van der Waals surface area contributed by atoms with E-state index in [1.165, 1.54) is 45.2 Å². The minimum atomic E-state index is -4.05. The van der Waals surface area contributed by atoms with Crippen LogP contribution in [0.4, 0.5) is 0 Å². The molecule has 1 aliphatic rings. The molecule has 0 aromatic heterocycles. The van der Waals surface area contributed by atoms with Crippen LogP contribution in [-0.4, -0.2) is 57.0 Å². The van der Waals surface area contributed by atoms with Crippen LogP contribution in [0, 0.1) is 0 Å². The molecule has 1 atom stereocenters. The third-order valence-electron chi connectivity index (χ3n) is 2.92. The molecule has 114 valence electrons. The van der Waals surface area contributed by atoms with Crippen molar-refractivity contribution in [2.24, 2.45) is 0 Å². The van der Waals surface area contributed by atoms with Crippen LogP contribution in [0.2, 0.25) is 0 Å². The van der Waals surface area contributed by atoms with Gasteiger partial charge in [-0.2, -0.15) is 0 Å². The molecule has 1 aliphatic heterocycles. The molecule has 0 bridgehead atoms. The summed E-state index contributed by atoms with van der Waals surface area (Å²) in [6.45, 7) is 11.0. The van der Waals surface area contributed by atoms with Crippen LogP contribution in [0.25, 0.3) is 0 Å². The van der Waals surface area contributed by atoms with Gasteiger partial charge in [-0.3, -0.25) is 4.90 Å². The molecule has 6 heteroatoms. The van der Waals surface area contributed by atoms with Gasteiger partial charge in [0, 0.05) is 0 Å². The van der Waals surface area contributed by atoms with E-state index in [0.717, 1.165) is 5.57 Å². The van der Waals surface area contributed by atoms with Gasteiger partial charge in [-0.15, -0.1) is 0 Å².